The van der Waals surface area contributed by atoms with Crippen LogP contribution in [0.5, 0.6) is 0 Å². The Morgan fingerprint density at radius 3 is 1.50 bits per heavy atom. The number of rotatable bonds is 4. The predicted octanol–water partition coefficient (Wildman–Crippen LogP) is 11.7. The van der Waals surface area contributed by atoms with Gasteiger partial charge in [-0.2, -0.15) is 0 Å². The molecule has 0 spiro atoms. The van der Waals surface area contributed by atoms with E-state index in [0.29, 0.717) is 0 Å². The van der Waals surface area contributed by atoms with Crippen molar-refractivity contribution in [1.82, 2.24) is 0 Å². The highest BCUT2D eigenvalue weighted by Crippen LogP contribution is 2.55. The van der Waals surface area contributed by atoms with Crippen LogP contribution in [0.25, 0.3) is 22.3 Å². The first-order valence-electron chi connectivity index (χ1n) is 16.7. The van der Waals surface area contributed by atoms with Gasteiger partial charge >= 0.3 is 0 Å². The molecular weight excluding hydrogens is 530 g/mol. The first-order chi connectivity index (χ1) is 21.3. The molecule has 1 nitrogen and oxygen atoms in total. The minimum absolute atomic E-state index is 0.0409. The number of anilines is 3. The van der Waals surface area contributed by atoms with E-state index in [1.54, 1.807) is 0 Å². The quantitative estimate of drug-likeness (QED) is 0.207. The largest absolute Gasteiger partial charge is 0.310 e. The molecule has 0 saturated heterocycles. The molecule has 218 valence electrons. The molecule has 2 bridgehead atoms. The Morgan fingerprint density at radius 1 is 0.500 bits per heavy atom. The molecule has 1 heteroatoms. The number of benzene rings is 5. The van der Waals surface area contributed by atoms with Gasteiger partial charge < -0.3 is 4.90 Å². The third kappa shape index (κ3) is 3.65. The molecule has 0 N–H and O–H groups in total. The second-order valence-electron chi connectivity index (χ2n) is 15.0. The van der Waals surface area contributed by atoms with Crippen LogP contribution in [0.2, 0.25) is 0 Å². The van der Waals surface area contributed by atoms with Gasteiger partial charge in [0.05, 0.1) is 0 Å². The highest BCUT2D eigenvalue weighted by atomic mass is 15.1. The van der Waals surface area contributed by atoms with Crippen molar-refractivity contribution in [2.24, 2.45) is 11.8 Å². The molecular formula is C43H41N. The maximum atomic E-state index is 2.50. The summed E-state index contributed by atoms with van der Waals surface area (Å²) in [7, 11) is 0. The van der Waals surface area contributed by atoms with Crippen LogP contribution in [0.4, 0.5) is 17.1 Å². The molecule has 9 rings (SSSR count). The average Bonchev–Trinajstić information content (AvgIpc) is 3.79. The van der Waals surface area contributed by atoms with Crippen molar-refractivity contribution in [3.63, 3.8) is 0 Å². The third-order valence-electron chi connectivity index (χ3n) is 12.0. The summed E-state index contributed by atoms with van der Waals surface area (Å²) < 4.78 is 0. The molecule has 2 saturated carbocycles. The van der Waals surface area contributed by atoms with Gasteiger partial charge in [-0.15, -0.1) is 0 Å². The Kier molecular flexibility index (Phi) is 5.51. The van der Waals surface area contributed by atoms with Crippen LogP contribution in [0.1, 0.15) is 87.1 Å². The van der Waals surface area contributed by atoms with E-state index in [-0.39, 0.29) is 10.8 Å². The summed E-state index contributed by atoms with van der Waals surface area (Å²) in [5.41, 5.74) is 16.3. The summed E-state index contributed by atoms with van der Waals surface area (Å²) in [6.07, 6.45) is 5.70. The molecule has 44 heavy (non-hydrogen) atoms. The van der Waals surface area contributed by atoms with Crippen LogP contribution in [-0.2, 0) is 10.8 Å². The van der Waals surface area contributed by atoms with E-state index >= 15 is 0 Å². The lowest BCUT2D eigenvalue weighted by atomic mass is 9.82. The Balaban J connectivity index is 1.18. The second kappa shape index (κ2) is 9.21. The monoisotopic (exact) mass is 571 g/mol. The van der Waals surface area contributed by atoms with E-state index < -0.39 is 0 Å². The van der Waals surface area contributed by atoms with Gasteiger partial charge in [0, 0.05) is 27.9 Å². The molecule has 0 radical (unpaired) electrons. The van der Waals surface area contributed by atoms with Crippen molar-refractivity contribution in [2.75, 3.05) is 4.90 Å². The Morgan fingerprint density at radius 2 is 1.00 bits per heavy atom. The van der Waals surface area contributed by atoms with Crippen LogP contribution >= 0.6 is 0 Å². The van der Waals surface area contributed by atoms with Crippen molar-refractivity contribution < 1.29 is 0 Å². The second-order valence-corrected chi connectivity index (χ2v) is 15.0. The van der Waals surface area contributed by atoms with E-state index in [4.69, 9.17) is 0 Å². The van der Waals surface area contributed by atoms with Crippen LogP contribution in [0.3, 0.4) is 0 Å². The fourth-order valence-electron chi connectivity index (χ4n) is 9.63. The van der Waals surface area contributed by atoms with Crippen molar-refractivity contribution >= 4 is 17.1 Å². The number of hydrogen-bond donors (Lipinski definition) is 0. The molecule has 0 heterocycles. The first-order valence-corrected chi connectivity index (χ1v) is 16.7. The predicted molar refractivity (Wildman–Crippen MR) is 184 cm³/mol. The lowest BCUT2D eigenvalue weighted by Gasteiger charge is -2.30. The zero-order valence-corrected chi connectivity index (χ0v) is 26.4. The first kappa shape index (κ1) is 26.3. The summed E-state index contributed by atoms with van der Waals surface area (Å²) in [5.74, 6) is 2.59. The van der Waals surface area contributed by atoms with Crippen molar-refractivity contribution in [1.29, 1.82) is 0 Å². The molecule has 0 aliphatic heterocycles. The van der Waals surface area contributed by atoms with Gasteiger partial charge in [0.25, 0.3) is 0 Å². The molecule has 0 aromatic heterocycles. The van der Waals surface area contributed by atoms with Crippen LogP contribution in [-0.4, -0.2) is 0 Å². The smallest absolute Gasteiger partial charge is 0.0465 e. The van der Waals surface area contributed by atoms with E-state index in [9.17, 15) is 0 Å². The highest BCUT2D eigenvalue weighted by Gasteiger charge is 2.40. The van der Waals surface area contributed by atoms with E-state index in [0.717, 1.165) is 17.8 Å². The molecule has 4 aliphatic rings. The van der Waals surface area contributed by atoms with Gasteiger partial charge in [-0.3, -0.25) is 0 Å². The Hall–Kier alpha value is -4.10. The lowest BCUT2D eigenvalue weighted by molar-refractivity contribution is 0.420. The molecule has 2 fully saturated rings. The SMILES string of the molecule is CC1(C)c2ccccc2-c2ccc(N(c3ccc(C4CC5CCC4C5)cc3)c3ccc4c(c3)C(C)(C)c3ccccc3-4)cc21. The van der Waals surface area contributed by atoms with Gasteiger partial charge in [-0.05, 0) is 123 Å². The fourth-order valence-corrected chi connectivity index (χ4v) is 9.63. The van der Waals surface area contributed by atoms with Crippen molar-refractivity contribution in [3.8, 4) is 22.3 Å². The van der Waals surface area contributed by atoms with E-state index in [1.165, 1.54) is 92.8 Å². The lowest BCUT2D eigenvalue weighted by Crippen LogP contribution is -2.18. The standard InChI is InChI=1S/C43H41N/c1-42(2)38-11-7-5-9-33(38)35-21-19-31(25-40(35)42)44(30-17-15-28(16-18-30)37-24-27-13-14-29(37)23-27)32-20-22-36-34-10-6-8-12-39(34)43(3,4)41(36)26-32/h5-12,15-22,25-27,29,37H,13-14,23-24H2,1-4H3. The summed E-state index contributed by atoms with van der Waals surface area (Å²) in [5, 5.41) is 0. The molecule has 3 unspecified atom stereocenters. The van der Waals surface area contributed by atoms with Gasteiger partial charge in [-0.25, -0.2) is 0 Å². The van der Waals surface area contributed by atoms with Crippen LogP contribution in [0.15, 0.2) is 109 Å². The molecule has 5 aromatic carbocycles. The van der Waals surface area contributed by atoms with Gasteiger partial charge in [0.2, 0.25) is 0 Å². The maximum absolute atomic E-state index is 2.50. The number of nitrogens with zero attached hydrogens (tertiary/aromatic N) is 1. The fraction of sp³-hybridized carbons (Fsp3) is 0.302. The molecule has 4 aliphatic carbocycles. The Labute approximate surface area is 262 Å². The maximum Gasteiger partial charge on any atom is 0.0465 e. The van der Waals surface area contributed by atoms with Gasteiger partial charge in [-0.1, -0.05) is 107 Å². The van der Waals surface area contributed by atoms with Crippen molar-refractivity contribution in [3.05, 3.63) is 137 Å². The minimum Gasteiger partial charge on any atom is -0.310 e. The van der Waals surface area contributed by atoms with Crippen molar-refractivity contribution in [2.45, 2.75) is 70.1 Å². The van der Waals surface area contributed by atoms with Crippen LogP contribution in [0, 0.1) is 11.8 Å². The van der Waals surface area contributed by atoms with Gasteiger partial charge in [0.15, 0.2) is 0 Å². The molecule has 5 aromatic rings. The summed E-state index contributed by atoms with van der Waals surface area (Å²) in [4.78, 5) is 2.50. The topological polar surface area (TPSA) is 3.24 Å². The summed E-state index contributed by atoms with van der Waals surface area (Å²) in [6, 6.07) is 41.9. The van der Waals surface area contributed by atoms with Gasteiger partial charge in [0.1, 0.15) is 0 Å². The zero-order chi connectivity index (χ0) is 29.8. The normalized spacial score (nSPS) is 22.8. The zero-order valence-electron chi connectivity index (χ0n) is 26.4. The number of hydrogen-bond acceptors (Lipinski definition) is 1. The van der Waals surface area contributed by atoms with E-state index in [2.05, 4.69) is 142 Å². The Bertz CT molecular complexity index is 1830. The third-order valence-corrected chi connectivity index (χ3v) is 12.0. The average molecular weight is 572 g/mol. The summed E-state index contributed by atoms with van der Waals surface area (Å²) >= 11 is 0. The summed E-state index contributed by atoms with van der Waals surface area (Å²) in [6.45, 7) is 9.52. The highest BCUT2D eigenvalue weighted by molar-refractivity contribution is 5.88. The van der Waals surface area contributed by atoms with E-state index in [1.807, 2.05) is 0 Å². The molecule has 0 amide bonds. The van der Waals surface area contributed by atoms with Crippen LogP contribution < -0.4 is 4.90 Å². The minimum atomic E-state index is -0.0409. The molecule has 3 atom stereocenters. The number of fused-ring (bicyclic) bond motifs is 8.